The monoisotopic (exact) mass is 542 g/mol. The molecule has 0 bridgehead atoms. The molecule has 0 amide bonds. The average Bonchev–Trinajstić information content (AvgIpc) is 2.99. The van der Waals surface area contributed by atoms with E-state index < -0.39 is 0 Å². The highest BCUT2D eigenvalue weighted by molar-refractivity contribution is 5.79. The molecule has 0 radical (unpaired) electrons. The molecule has 0 aliphatic heterocycles. The summed E-state index contributed by atoms with van der Waals surface area (Å²) in [7, 11) is 5.37. The van der Waals surface area contributed by atoms with Gasteiger partial charge in [0.15, 0.2) is 0 Å². The summed E-state index contributed by atoms with van der Waals surface area (Å²) in [6.07, 6.45) is 13.2. The first kappa shape index (κ1) is 30.8. The molecule has 0 unspecified atom stereocenters. The Morgan fingerprint density at radius 1 is 0.650 bits per heavy atom. The number of likely N-dealkylation sites (N-methyl/N-ethyl adjacent to an activating group) is 1. The second-order valence-electron chi connectivity index (χ2n) is 10.0. The van der Waals surface area contributed by atoms with Crippen LogP contribution in [0.3, 0.4) is 0 Å². The number of methoxy groups -OCH3 is 2. The summed E-state index contributed by atoms with van der Waals surface area (Å²) in [4.78, 5) is 4.53. The van der Waals surface area contributed by atoms with E-state index in [-0.39, 0.29) is 6.61 Å². The molecule has 0 fully saturated rings. The van der Waals surface area contributed by atoms with Crippen LogP contribution in [0.1, 0.15) is 61.8 Å². The van der Waals surface area contributed by atoms with Gasteiger partial charge in [0, 0.05) is 49.2 Å². The number of unbranched alkanes of at least 4 members (excludes halogenated alkanes) is 2. The van der Waals surface area contributed by atoms with Crippen molar-refractivity contribution in [2.75, 3.05) is 57.3 Å². The van der Waals surface area contributed by atoms with Crippen molar-refractivity contribution in [3.8, 4) is 11.5 Å². The molecule has 1 N–H and O–H groups in total. The van der Waals surface area contributed by atoms with Crippen LogP contribution in [-0.2, 0) is 0 Å². The third-order valence-corrected chi connectivity index (χ3v) is 7.08. The van der Waals surface area contributed by atoms with Gasteiger partial charge in [0.2, 0.25) is 0 Å². The summed E-state index contributed by atoms with van der Waals surface area (Å²) in [6.45, 7) is 7.45. The van der Waals surface area contributed by atoms with Crippen LogP contribution >= 0.6 is 0 Å². The van der Waals surface area contributed by atoms with Crippen molar-refractivity contribution in [1.29, 1.82) is 0 Å². The van der Waals surface area contributed by atoms with Gasteiger partial charge in [0.25, 0.3) is 0 Å². The van der Waals surface area contributed by atoms with Crippen molar-refractivity contribution in [2.45, 2.75) is 39.5 Å². The molecule has 214 valence electrons. The van der Waals surface area contributed by atoms with Crippen LogP contribution in [0.2, 0.25) is 0 Å². The topological polar surface area (TPSA) is 45.2 Å². The Labute approximate surface area is 241 Å². The largest absolute Gasteiger partial charge is 0.496 e. The van der Waals surface area contributed by atoms with E-state index in [9.17, 15) is 0 Å². The van der Waals surface area contributed by atoms with Gasteiger partial charge in [-0.3, -0.25) is 0 Å². The van der Waals surface area contributed by atoms with Crippen molar-refractivity contribution in [1.82, 2.24) is 0 Å². The second-order valence-corrected chi connectivity index (χ2v) is 10.0. The zero-order valence-electron chi connectivity index (χ0n) is 24.9. The molecule has 40 heavy (non-hydrogen) atoms. The SMILES string of the molecule is CCCCN(CCCC)c1ccc(C=Cc2cc(OC)c(C=Cc3ccc(N(C)CCO)cc3)cc2OC)cc1. The van der Waals surface area contributed by atoms with Crippen LogP contribution in [0.25, 0.3) is 24.3 Å². The van der Waals surface area contributed by atoms with Crippen LogP contribution in [0.4, 0.5) is 11.4 Å². The molecular weight excluding hydrogens is 496 g/mol. The minimum Gasteiger partial charge on any atom is -0.496 e. The first-order chi connectivity index (χ1) is 19.5. The number of rotatable bonds is 16. The van der Waals surface area contributed by atoms with Crippen LogP contribution in [0.5, 0.6) is 11.5 Å². The molecule has 0 saturated heterocycles. The van der Waals surface area contributed by atoms with E-state index in [1.807, 2.05) is 30.2 Å². The van der Waals surface area contributed by atoms with E-state index in [1.165, 1.54) is 31.4 Å². The number of hydrogen-bond donors (Lipinski definition) is 1. The van der Waals surface area contributed by atoms with E-state index in [4.69, 9.17) is 14.6 Å². The number of aliphatic hydroxyl groups is 1. The highest BCUT2D eigenvalue weighted by Crippen LogP contribution is 2.32. The average molecular weight is 543 g/mol. The van der Waals surface area contributed by atoms with E-state index in [1.54, 1.807) is 14.2 Å². The summed E-state index contributed by atoms with van der Waals surface area (Å²) >= 11 is 0. The highest BCUT2D eigenvalue weighted by Gasteiger charge is 2.09. The number of ether oxygens (including phenoxy) is 2. The molecule has 0 aliphatic carbocycles. The smallest absolute Gasteiger partial charge is 0.126 e. The zero-order chi connectivity index (χ0) is 28.7. The number of nitrogens with zero attached hydrogens (tertiary/aromatic N) is 2. The molecule has 0 aromatic heterocycles. The van der Waals surface area contributed by atoms with Gasteiger partial charge < -0.3 is 24.4 Å². The third-order valence-electron chi connectivity index (χ3n) is 7.08. The maximum Gasteiger partial charge on any atom is 0.126 e. The number of aliphatic hydroxyl groups excluding tert-OH is 1. The van der Waals surface area contributed by atoms with E-state index in [2.05, 4.69) is 85.5 Å². The first-order valence-electron chi connectivity index (χ1n) is 14.4. The summed E-state index contributed by atoms with van der Waals surface area (Å²) in [6, 6.07) is 21.1. The predicted octanol–water partition coefficient (Wildman–Crippen LogP) is 7.88. The molecule has 0 spiro atoms. The van der Waals surface area contributed by atoms with Gasteiger partial charge in [0.1, 0.15) is 11.5 Å². The van der Waals surface area contributed by atoms with Crippen molar-refractivity contribution in [2.24, 2.45) is 0 Å². The van der Waals surface area contributed by atoms with Gasteiger partial charge in [0.05, 0.1) is 20.8 Å². The predicted molar refractivity (Wildman–Crippen MR) is 173 cm³/mol. The lowest BCUT2D eigenvalue weighted by Gasteiger charge is -2.24. The standard InChI is InChI=1S/C35H46N2O3/c1-6-8-22-37(23-9-7-2)33-20-14-29(15-21-33)11-17-31-27-34(39-4)30(26-35(31)40-5)16-10-28-12-18-32(19-13-28)36(3)24-25-38/h10-21,26-27,38H,6-9,22-25H2,1-5H3. The zero-order valence-corrected chi connectivity index (χ0v) is 24.9. The Bertz CT molecular complexity index is 1210. The fourth-order valence-electron chi connectivity index (χ4n) is 4.56. The number of benzene rings is 3. The third kappa shape index (κ3) is 8.92. The van der Waals surface area contributed by atoms with Gasteiger partial charge in [-0.25, -0.2) is 0 Å². The van der Waals surface area contributed by atoms with E-state index in [0.29, 0.717) is 6.54 Å². The fraction of sp³-hybridized carbons (Fsp3) is 0.371. The molecule has 5 nitrogen and oxygen atoms in total. The lowest BCUT2D eigenvalue weighted by molar-refractivity contribution is 0.304. The Hall–Kier alpha value is -3.70. The normalized spacial score (nSPS) is 11.3. The van der Waals surface area contributed by atoms with Gasteiger partial charge in [-0.05, 0) is 60.4 Å². The molecular formula is C35H46N2O3. The van der Waals surface area contributed by atoms with Gasteiger partial charge in [-0.15, -0.1) is 0 Å². The summed E-state index contributed by atoms with van der Waals surface area (Å²) < 4.78 is 11.5. The second kappa shape index (κ2) is 16.4. The van der Waals surface area contributed by atoms with E-state index in [0.717, 1.165) is 52.5 Å². The van der Waals surface area contributed by atoms with Crippen LogP contribution in [-0.4, -0.2) is 52.6 Å². The van der Waals surface area contributed by atoms with Gasteiger partial charge >= 0.3 is 0 Å². The van der Waals surface area contributed by atoms with Crippen molar-refractivity contribution in [3.63, 3.8) is 0 Å². The highest BCUT2D eigenvalue weighted by atomic mass is 16.5. The molecule has 3 rings (SSSR count). The molecule has 0 aliphatic rings. The lowest BCUT2D eigenvalue weighted by atomic mass is 10.0. The van der Waals surface area contributed by atoms with Crippen molar-refractivity contribution >= 4 is 35.7 Å². The Morgan fingerprint density at radius 2 is 1.10 bits per heavy atom. The van der Waals surface area contributed by atoms with Gasteiger partial charge in [-0.2, -0.15) is 0 Å². The summed E-state index contributed by atoms with van der Waals surface area (Å²) in [5.41, 5.74) is 6.50. The van der Waals surface area contributed by atoms with Gasteiger partial charge in [-0.1, -0.05) is 75.3 Å². The summed E-state index contributed by atoms with van der Waals surface area (Å²) in [5, 5.41) is 9.16. The quantitative estimate of drug-likeness (QED) is 0.187. The Kier molecular flexibility index (Phi) is 12.7. The van der Waals surface area contributed by atoms with Crippen LogP contribution in [0.15, 0.2) is 60.7 Å². The van der Waals surface area contributed by atoms with E-state index >= 15 is 0 Å². The lowest BCUT2D eigenvalue weighted by Crippen LogP contribution is -2.25. The Balaban J connectivity index is 1.76. The Morgan fingerprint density at radius 3 is 1.50 bits per heavy atom. The van der Waals surface area contributed by atoms with Crippen molar-refractivity contribution < 1.29 is 14.6 Å². The number of hydrogen-bond acceptors (Lipinski definition) is 5. The molecule has 0 heterocycles. The van der Waals surface area contributed by atoms with Crippen LogP contribution in [0, 0.1) is 0 Å². The minimum absolute atomic E-state index is 0.133. The maximum atomic E-state index is 9.16. The molecule has 0 atom stereocenters. The fourth-order valence-corrected chi connectivity index (χ4v) is 4.56. The maximum absolute atomic E-state index is 9.16. The molecule has 3 aromatic rings. The molecule has 0 saturated carbocycles. The molecule has 5 heteroatoms. The first-order valence-corrected chi connectivity index (χ1v) is 14.4. The minimum atomic E-state index is 0.133. The van der Waals surface area contributed by atoms with Crippen molar-refractivity contribution in [3.05, 3.63) is 82.9 Å². The number of anilines is 2. The summed E-state index contributed by atoms with van der Waals surface area (Å²) in [5.74, 6) is 1.58. The molecule has 3 aromatic carbocycles. The van der Waals surface area contributed by atoms with Crippen LogP contribution < -0.4 is 19.3 Å².